The second-order valence-corrected chi connectivity index (χ2v) is 6.83. The molecule has 0 fully saturated rings. The number of rotatable bonds is 2. The van der Waals surface area contributed by atoms with E-state index in [1.807, 2.05) is 43.3 Å². The van der Waals surface area contributed by atoms with E-state index in [4.69, 9.17) is 4.42 Å². The minimum atomic E-state index is -0.173. The van der Waals surface area contributed by atoms with Gasteiger partial charge in [0.15, 0.2) is 5.76 Å². The molecule has 0 unspecified atom stereocenters. The van der Waals surface area contributed by atoms with Gasteiger partial charge < -0.3 is 9.32 Å². The van der Waals surface area contributed by atoms with E-state index in [0.717, 1.165) is 25.6 Å². The van der Waals surface area contributed by atoms with E-state index in [2.05, 4.69) is 31.9 Å². The molecule has 3 rings (SSSR count). The smallest absolute Gasteiger partial charge is 0.293 e. The Balaban J connectivity index is 1.99. The fourth-order valence-corrected chi connectivity index (χ4v) is 3.34. The Morgan fingerprint density at radius 1 is 1.14 bits per heavy atom. The van der Waals surface area contributed by atoms with Crippen LogP contribution in [-0.4, -0.2) is 13.0 Å². The highest BCUT2D eigenvalue weighted by Gasteiger charge is 2.20. The summed E-state index contributed by atoms with van der Waals surface area (Å²) in [6, 6.07) is 13.3. The minimum absolute atomic E-state index is 0.173. The van der Waals surface area contributed by atoms with Crippen LogP contribution in [0.15, 0.2) is 55.8 Å². The summed E-state index contributed by atoms with van der Waals surface area (Å²) >= 11 is 6.87. The Morgan fingerprint density at radius 3 is 2.59 bits per heavy atom. The van der Waals surface area contributed by atoms with E-state index in [1.165, 1.54) is 0 Å². The maximum atomic E-state index is 12.7. The van der Waals surface area contributed by atoms with Gasteiger partial charge in [0, 0.05) is 22.6 Å². The summed E-state index contributed by atoms with van der Waals surface area (Å²) in [7, 11) is 1.75. The predicted octanol–water partition coefficient (Wildman–Crippen LogP) is 5.54. The predicted molar refractivity (Wildman–Crippen MR) is 95.5 cm³/mol. The average Bonchev–Trinajstić information content (AvgIpc) is 2.91. The Hall–Kier alpha value is -1.59. The van der Waals surface area contributed by atoms with Gasteiger partial charge in [0.1, 0.15) is 5.58 Å². The molecule has 1 amide bonds. The number of benzene rings is 2. The Morgan fingerprint density at radius 2 is 1.91 bits per heavy atom. The standard InChI is InChI=1S/C17H13Br2NO2/c1-10-8-12(18)6-7-14(10)20(2)17(21)15-9-11-4-3-5-13(19)16(11)22-15/h3-9H,1-2H3. The number of carbonyl (C=O) groups is 1. The van der Waals surface area contributed by atoms with Gasteiger partial charge in [-0.05, 0) is 58.7 Å². The van der Waals surface area contributed by atoms with Crippen molar-refractivity contribution >= 4 is 54.4 Å². The SMILES string of the molecule is Cc1cc(Br)ccc1N(C)C(=O)c1cc2cccc(Br)c2o1. The van der Waals surface area contributed by atoms with Gasteiger partial charge in [0.05, 0.1) is 4.47 Å². The number of hydrogen-bond donors (Lipinski definition) is 0. The molecule has 0 spiro atoms. The topological polar surface area (TPSA) is 33.5 Å². The largest absolute Gasteiger partial charge is 0.450 e. The summed E-state index contributed by atoms with van der Waals surface area (Å²) < 4.78 is 7.55. The molecular weight excluding hydrogens is 410 g/mol. The number of hydrogen-bond acceptors (Lipinski definition) is 2. The van der Waals surface area contributed by atoms with Gasteiger partial charge in [0.2, 0.25) is 0 Å². The molecular formula is C17H13Br2NO2. The van der Waals surface area contributed by atoms with Crippen LogP contribution in [0.3, 0.4) is 0 Å². The molecule has 0 saturated heterocycles. The number of halogens is 2. The van der Waals surface area contributed by atoms with Crippen molar-refractivity contribution in [1.82, 2.24) is 0 Å². The van der Waals surface area contributed by atoms with Crippen LogP contribution < -0.4 is 4.90 Å². The fourth-order valence-electron chi connectivity index (χ4n) is 2.40. The van der Waals surface area contributed by atoms with E-state index < -0.39 is 0 Å². The molecule has 5 heteroatoms. The molecule has 0 bridgehead atoms. The van der Waals surface area contributed by atoms with Crippen molar-refractivity contribution in [2.24, 2.45) is 0 Å². The summed E-state index contributed by atoms with van der Waals surface area (Å²) in [4.78, 5) is 14.3. The van der Waals surface area contributed by atoms with E-state index in [-0.39, 0.29) is 5.91 Å². The zero-order chi connectivity index (χ0) is 15.9. The van der Waals surface area contributed by atoms with Gasteiger partial charge in [0.25, 0.3) is 5.91 Å². The number of para-hydroxylation sites is 1. The molecule has 0 aliphatic carbocycles. The van der Waals surface area contributed by atoms with Gasteiger partial charge >= 0.3 is 0 Å². The van der Waals surface area contributed by atoms with Crippen molar-refractivity contribution in [3.63, 3.8) is 0 Å². The zero-order valence-corrected chi connectivity index (χ0v) is 15.2. The molecule has 22 heavy (non-hydrogen) atoms. The number of carbonyl (C=O) groups excluding carboxylic acids is 1. The van der Waals surface area contributed by atoms with Crippen molar-refractivity contribution in [3.05, 3.63) is 62.7 Å². The molecule has 3 nitrogen and oxygen atoms in total. The minimum Gasteiger partial charge on any atom is -0.450 e. The number of furan rings is 1. The molecule has 0 atom stereocenters. The van der Waals surface area contributed by atoms with Gasteiger partial charge in [-0.15, -0.1) is 0 Å². The lowest BCUT2D eigenvalue weighted by Gasteiger charge is -2.18. The molecule has 0 aliphatic rings. The molecule has 0 N–H and O–H groups in total. The van der Waals surface area contributed by atoms with Crippen LogP contribution in [0.1, 0.15) is 16.1 Å². The quantitative estimate of drug-likeness (QED) is 0.542. The van der Waals surface area contributed by atoms with Crippen LogP contribution in [0.2, 0.25) is 0 Å². The lowest BCUT2D eigenvalue weighted by Crippen LogP contribution is -2.26. The normalized spacial score (nSPS) is 10.9. The highest BCUT2D eigenvalue weighted by molar-refractivity contribution is 9.11. The van der Waals surface area contributed by atoms with Gasteiger partial charge in [-0.1, -0.05) is 28.1 Å². The van der Waals surface area contributed by atoms with Crippen LogP contribution in [0.25, 0.3) is 11.0 Å². The zero-order valence-electron chi connectivity index (χ0n) is 12.1. The second kappa shape index (κ2) is 5.89. The molecule has 2 aromatic carbocycles. The third-order valence-corrected chi connectivity index (χ3v) is 4.65. The maximum Gasteiger partial charge on any atom is 0.293 e. The van der Waals surface area contributed by atoms with E-state index >= 15 is 0 Å². The molecule has 112 valence electrons. The van der Waals surface area contributed by atoms with Crippen molar-refractivity contribution in [1.29, 1.82) is 0 Å². The highest BCUT2D eigenvalue weighted by atomic mass is 79.9. The monoisotopic (exact) mass is 421 g/mol. The molecule has 1 heterocycles. The van der Waals surface area contributed by atoms with Crippen molar-refractivity contribution in [3.8, 4) is 0 Å². The first-order chi connectivity index (χ1) is 10.5. The van der Waals surface area contributed by atoms with Crippen molar-refractivity contribution in [2.45, 2.75) is 6.92 Å². The maximum absolute atomic E-state index is 12.7. The van der Waals surface area contributed by atoms with Crippen LogP contribution in [-0.2, 0) is 0 Å². The summed E-state index contributed by atoms with van der Waals surface area (Å²) in [6.45, 7) is 1.97. The van der Waals surface area contributed by atoms with E-state index in [1.54, 1.807) is 18.0 Å². The summed E-state index contributed by atoms with van der Waals surface area (Å²) in [6.07, 6.45) is 0. The molecule has 0 aliphatic heterocycles. The first-order valence-electron chi connectivity index (χ1n) is 6.69. The Labute approximate surface area is 145 Å². The van der Waals surface area contributed by atoms with Crippen molar-refractivity contribution < 1.29 is 9.21 Å². The van der Waals surface area contributed by atoms with Crippen molar-refractivity contribution in [2.75, 3.05) is 11.9 Å². The number of amides is 1. The third-order valence-electron chi connectivity index (χ3n) is 3.53. The summed E-state index contributed by atoms with van der Waals surface area (Å²) in [5, 5.41) is 0.902. The lowest BCUT2D eigenvalue weighted by atomic mass is 10.2. The van der Waals surface area contributed by atoms with Gasteiger partial charge in [-0.2, -0.15) is 0 Å². The molecule has 1 aromatic heterocycles. The van der Waals surface area contributed by atoms with Crippen LogP contribution >= 0.6 is 31.9 Å². The van der Waals surface area contributed by atoms with Gasteiger partial charge in [-0.3, -0.25) is 4.79 Å². The number of nitrogens with zero attached hydrogens (tertiary/aromatic N) is 1. The molecule has 0 radical (unpaired) electrons. The molecule has 3 aromatic rings. The van der Waals surface area contributed by atoms with Crippen LogP contribution in [0.5, 0.6) is 0 Å². The Bertz CT molecular complexity index is 870. The van der Waals surface area contributed by atoms with Crippen LogP contribution in [0, 0.1) is 6.92 Å². The number of anilines is 1. The van der Waals surface area contributed by atoms with E-state index in [0.29, 0.717) is 11.3 Å². The summed E-state index contributed by atoms with van der Waals surface area (Å²) in [5.41, 5.74) is 2.56. The average molecular weight is 423 g/mol. The lowest BCUT2D eigenvalue weighted by molar-refractivity contribution is 0.0968. The number of fused-ring (bicyclic) bond motifs is 1. The third kappa shape index (κ3) is 2.71. The molecule has 0 saturated carbocycles. The first-order valence-corrected chi connectivity index (χ1v) is 8.28. The first kappa shape index (κ1) is 15.3. The van der Waals surface area contributed by atoms with Gasteiger partial charge in [-0.25, -0.2) is 0 Å². The summed E-state index contributed by atoms with van der Waals surface area (Å²) in [5.74, 6) is 0.153. The Kier molecular flexibility index (Phi) is 4.10. The fraction of sp³-hybridized carbons (Fsp3) is 0.118. The van der Waals surface area contributed by atoms with E-state index in [9.17, 15) is 4.79 Å². The number of aryl methyl sites for hydroxylation is 1. The highest BCUT2D eigenvalue weighted by Crippen LogP contribution is 2.29. The van der Waals surface area contributed by atoms with Crippen LogP contribution in [0.4, 0.5) is 5.69 Å². The second-order valence-electron chi connectivity index (χ2n) is 5.06.